The quantitative estimate of drug-likeness (QED) is 0.771. The minimum absolute atomic E-state index is 0.0682. The Morgan fingerprint density at radius 2 is 2.11 bits per heavy atom. The molecule has 0 bridgehead atoms. The predicted molar refractivity (Wildman–Crippen MR) is 58.7 cm³/mol. The number of amides is 1. The zero-order valence-corrected chi connectivity index (χ0v) is 9.86. The summed E-state index contributed by atoms with van der Waals surface area (Å²) in [6, 6.07) is 3.80. The van der Waals surface area contributed by atoms with Crippen LogP contribution in [0.2, 0.25) is 0 Å². The van der Waals surface area contributed by atoms with Crippen LogP contribution >= 0.6 is 0 Å². The van der Waals surface area contributed by atoms with Crippen LogP contribution in [0, 0.1) is 0 Å². The molecule has 0 fully saturated rings. The lowest BCUT2D eigenvalue weighted by Gasteiger charge is -2.14. The van der Waals surface area contributed by atoms with Gasteiger partial charge in [-0.2, -0.15) is 13.2 Å². The van der Waals surface area contributed by atoms with Crippen LogP contribution in [0.15, 0.2) is 18.2 Å². The van der Waals surface area contributed by atoms with Crippen LogP contribution in [0.25, 0.3) is 0 Å². The van der Waals surface area contributed by atoms with Crippen molar-refractivity contribution < 1.29 is 32.9 Å². The number of carbonyl (C=O) groups excluding carboxylic acids is 1. The molecule has 0 aliphatic rings. The first-order valence-electron chi connectivity index (χ1n) is 5.15. The van der Waals surface area contributed by atoms with E-state index < -0.39 is 24.7 Å². The van der Waals surface area contributed by atoms with E-state index in [9.17, 15) is 28.2 Å². The van der Waals surface area contributed by atoms with Crippen LogP contribution in [0.4, 0.5) is 13.2 Å². The molecule has 0 aromatic heterocycles. The van der Waals surface area contributed by atoms with Gasteiger partial charge in [0.15, 0.2) is 11.5 Å². The fourth-order valence-electron chi connectivity index (χ4n) is 1.31. The maximum atomic E-state index is 11.9. The highest BCUT2D eigenvalue weighted by atomic mass is 19.4. The number of aromatic hydroxyl groups is 1. The Kier molecular flexibility index (Phi) is 4.60. The van der Waals surface area contributed by atoms with E-state index in [0.29, 0.717) is 0 Å². The van der Waals surface area contributed by atoms with E-state index in [1.165, 1.54) is 25.3 Å². The zero-order chi connectivity index (χ0) is 14.6. The third-order valence-corrected chi connectivity index (χ3v) is 2.30. The van der Waals surface area contributed by atoms with Gasteiger partial charge in [-0.05, 0) is 17.7 Å². The average molecular weight is 279 g/mol. The standard InChI is InChI=1S/C11H12F3NO4/c1-19-9-4-6(2-3-7(9)16)8(17)5-15-10(18)11(12,13)14/h2-4,8,16-17H,5H2,1H3,(H,15,18). The lowest BCUT2D eigenvalue weighted by atomic mass is 10.1. The average Bonchev–Trinajstić information content (AvgIpc) is 2.34. The number of carbonyl (C=O) groups is 1. The van der Waals surface area contributed by atoms with Gasteiger partial charge >= 0.3 is 12.1 Å². The van der Waals surface area contributed by atoms with Gasteiger partial charge in [0.1, 0.15) is 0 Å². The molecule has 0 spiro atoms. The first kappa shape index (κ1) is 15.1. The summed E-state index contributed by atoms with van der Waals surface area (Å²) in [7, 11) is 1.29. The Hall–Kier alpha value is -1.96. The van der Waals surface area contributed by atoms with E-state index in [4.69, 9.17) is 4.74 Å². The SMILES string of the molecule is COc1cc(C(O)CNC(=O)C(F)(F)F)ccc1O. The summed E-state index contributed by atoms with van der Waals surface area (Å²) < 4.78 is 40.6. The molecule has 1 aromatic carbocycles. The number of rotatable bonds is 4. The minimum Gasteiger partial charge on any atom is -0.504 e. The highest BCUT2D eigenvalue weighted by molar-refractivity contribution is 5.81. The Bertz CT molecular complexity index is 462. The molecule has 5 nitrogen and oxygen atoms in total. The van der Waals surface area contributed by atoms with Crippen molar-refractivity contribution in [1.82, 2.24) is 5.32 Å². The van der Waals surface area contributed by atoms with Crippen LogP contribution in [0.3, 0.4) is 0 Å². The number of alkyl halides is 3. The predicted octanol–water partition coefficient (Wildman–Crippen LogP) is 1.11. The van der Waals surface area contributed by atoms with Crippen LogP contribution in [0.5, 0.6) is 11.5 Å². The molecule has 0 saturated carbocycles. The Morgan fingerprint density at radius 3 is 2.63 bits per heavy atom. The smallest absolute Gasteiger partial charge is 0.471 e. The number of methoxy groups -OCH3 is 1. The molecule has 1 unspecified atom stereocenters. The van der Waals surface area contributed by atoms with Crippen molar-refractivity contribution >= 4 is 5.91 Å². The second-order valence-electron chi connectivity index (χ2n) is 3.65. The van der Waals surface area contributed by atoms with E-state index in [0.717, 1.165) is 0 Å². The molecule has 0 radical (unpaired) electrons. The van der Waals surface area contributed by atoms with Crippen molar-refractivity contribution in [3.05, 3.63) is 23.8 Å². The van der Waals surface area contributed by atoms with E-state index >= 15 is 0 Å². The Labute approximate surface area is 106 Å². The first-order chi connectivity index (χ1) is 8.75. The van der Waals surface area contributed by atoms with Crippen molar-refractivity contribution in [3.8, 4) is 11.5 Å². The molecule has 1 aromatic rings. The van der Waals surface area contributed by atoms with Gasteiger partial charge in [0, 0.05) is 6.54 Å². The van der Waals surface area contributed by atoms with Gasteiger partial charge in [-0.25, -0.2) is 0 Å². The molecular formula is C11H12F3NO4. The molecule has 0 aliphatic heterocycles. The zero-order valence-electron chi connectivity index (χ0n) is 9.86. The van der Waals surface area contributed by atoms with Crippen molar-refractivity contribution in [2.75, 3.05) is 13.7 Å². The van der Waals surface area contributed by atoms with Gasteiger partial charge in [0.05, 0.1) is 13.2 Å². The van der Waals surface area contributed by atoms with Crippen molar-refractivity contribution in [2.24, 2.45) is 0 Å². The third-order valence-electron chi connectivity index (χ3n) is 2.30. The molecule has 106 valence electrons. The third kappa shape index (κ3) is 4.02. The first-order valence-corrected chi connectivity index (χ1v) is 5.15. The van der Waals surface area contributed by atoms with Gasteiger partial charge in [0.25, 0.3) is 0 Å². The molecule has 3 N–H and O–H groups in total. The minimum atomic E-state index is -4.99. The number of aliphatic hydroxyl groups is 1. The topological polar surface area (TPSA) is 78.8 Å². The van der Waals surface area contributed by atoms with Crippen LogP contribution in [-0.2, 0) is 4.79 Å². The number of phenolic OH excluding ortho intramolecular Hbond substituents is 1. The largest absolute Gasteiger partial charge is 0.504 e. The fraction of sp³-hybridized carbons (Fsp3) is 0.364. The lowest BCUT2D eigenvalue weighted by molar-refractivity contribution is -0.174. The molecule has 1 amide bonds. The van der Waals surface area contributed by atoms with Crippen LogP contribution < -0.4 is 10.1 Å². The number of hydrogen-bond acceptors (Lipinski definition) is 4. The molecule has 0 saturated heterocycles. The highest BCUT2D eigenvalue weighted by Crippen LogP contribution is 2.28. The number of phenols is 1. The monoisotopic (exact) mass is 279 g/mol. The second-order valence-corrected chi connectivity index (χ2v) is 3.65. The van der Waals surface area contributed by atoms with Crippen molar-refractivity contribution in [2.45, 2.75) is 12.3 Å². The van der Waals surface area contributed by atoms with E-state index in [1.807, 2.05) is 0 Å². The van der Waals surface area contributed by atoms with E-state index in [2.05, 4.69) is 0 Å². The van der Waals surface area contributed by atoms with Crippen LogP contribution in [-0.4, -0.2) is 36.0 Å². The molecule has 0 heterocycles. The number of ether oxygens (including phenoxy) is 1. The molecular weight excluding hydrogens is 267 g/mol. The molecule has 0 aliphatic carbocycles. The van der Waals surface area contributed by atoms with Gasteiger partial charge in [-0.3, -0.25) is 4.79 Å². The highest BCUT2D eigenvalue weighted by Gasteiger charge is 2.38. The van der Waals surface area contributed by atoms with Crippen molar-refractivity contribution in [3.63, 3.8) is 0 Å². The maximum Gasteiger partial charge on any atom is 0.471 e. The number of nitrogens with one attached hydrogen (secondary N) is 1. The number of aliphatic hydroxyl groups excluding tert-OH is 1. The Balaban J connectivity index is 2.69. The molecule has 19 heavy (non-hydrogen) atoms. The fourth-order valence-corrected chi connectivity index (χ4v) is 1.31. The van der Waals surface area contributed by atoms with Crippen LogP contribution in [0.1, 0.15) is 11.7 Å². The summed E-state index contributed by atoms with van der Waals surface area (Å²) in [5, 5.41) is 20.5. The summed E-state index contributed by atoms with van der Waals surface area (Å²) in [5.41, 5.74) is 0.206. The summed E-state index contributed by atoms with van der Waals surface area (Å²) in [6.07, 6.45) is -6.34. The summed E-state index contributed by atoms with van der Waals surface area (Å²) in [5.74, 6) is -2.23. The van der Waals surface area contributed by atoms with Gasteiger partial charge in [0.2, 0.25) is 0 Å². The summed E-state index contributed by atoms with van der Waals surface area (Å²) >= 11 is 0. The maximum absolute atomic E-state index is 11.9. The van der Waals surface area contributed by atoms with Crippen molar-refractivity contribution in [1.29, 1.82) is 0 Å². The molecule has 1 rings (SSSR count). The summed E-state index contributed by atoms with van der Waals surface area (Å²) in [4.78, 5) is 10.6. The molecule has 1 atom stereocenters. The van der Waals surface area contributed by atoms with Gasteiger partial charge in [-0.1, -0.05) is 6.07 Å². The van der Waals surface area contributed by atoms with Gasteiger partial charge < -0.3 is 20.3 Å². The van der Waals surface area contributed by atoms with E-state index in [-0.39, 0.29) is 17.1 Å². The van der Waals surface area contributed by atoms with E-state index in [1.54, 1.807) is 5.32 Å². The normalized spacial score (nSPS) is 12.9. The molecule has 8 heteroatoms. The Morgan fingerprint density at radius 1 is 1.47 bits per heavy atom. The number of benzene rings is 1. The lowest BCUT2D eigenvalue weighted by Crippen LogP contribution is -2.38. The second kappa shape index (κ2) is 5.79. The van der Waals surface area contributed by atoms with Gasteiger partial charge in [-0.15, -0.1) is 0 Å². The number of halogens is 3. The number of hydrogen-bond donors (Lipinski definition) is 3. The summed E-state index contributed by atoms with van der Waals surface area (Å²) in [6.45, 7) is -0.605.